The quantitative estimate of drug-likeness (QED) is 0.705. The minimum absolute atomic E-state index is 0.0212. The molecule has 8 nitrogen and oxygen atoms in total. The van der Waals surface area contributed by atoms with E-state index in [4.69, 9.17) is 9.47 Å². The number of amides is 2. The van der Waals surface area contributed by atoms with Gasteiger partial charge in [-0.15, -0.1) is 0 Å². The SMILES string of the molecule is CC(C)(C)OC(=O)N1CC2(CC1C(=O)O)CN(C(=O)OCC1c3ccccc3-c3ccccc31)C2. The topological polar surface area (TPSA) is 96.4 Å². The van der Waals surface area contributed by atoms with Gasteiger partial charge >= 0.3 is 18.2 Å². The molecule has 5 rings (SSSR count). The molecule has 1 aliphatic carbocycles. The largest absolute Gasteiger partial charge is 0.480 e. The van der Waals surface area contributed by atoms with E-state index in [0.717, 1.165) is 11.1 Å². The highest BCUT2D eigenvalue weighted by molar-refractivity contribution is 5.82. The van der Waals surface area contributed by atoms with Gasteiger partial charge in [0.2, 0.25) is 0 Å². The van der Waals surface area contributed by atoms with E-state index in [-0.39, 0.29) is 25.5 Å². The zero-order valence-electron chi connectivity index (χ0n) is 20.2. The van der Waals surface area contributed by atoms with Crippen LogP contribution in [0.1, 0.15) is 44.2 Å². The van der Waals surface area contributed by atoms with E-state index in [1.807, 2.05) is 24.3 Å². The lowest BCUT2D eigenvalue weighted by molar-refractivity contribution is -0.142. The second-order valence-electron chi connectivity index (χ2n) is 10.8. The number of likely N-dealkylation sites (tertiary alicyclic amines) is 2. The predicted molar refractivity (Wildman–Crippen MR) is 128 cm³/mol. The van der Waals surface area contributed by atoms with Crippen molar-refractivity contribution in [3.05, 3.63) is 59.7 Å². The summed E-state index contributed by atoms with van der Waals surface area (Å²) in [6, 6.07) is 15.4. The molecule has 2 fully saturated rings. The van der Waals surface area contributed by atoms with Gasteiger partial charge in [-0.1, -0.05) is 48.5 Å². The molecule has 2 amide bonds. The molecule has 2 aromatic carbocycles. The maximum Gasteiger partial charge on any atom is 0.411 e. The first-order valence-electron chi connectivity index (χ1n) is 11.9. The van der Waals surface area contributed by atoms with Gasteiger partial charge in [0, 0.05) is 31.0 Å². The Balaban J connectivity index is 1.22. The van der Waals surface area contributed by atoms with Crippen LogP contribution in [0.25, 0.3) is 11.1 Å². The molecule has 0 aromatic heterocycles. The molecule has 0 bridgehead atoms. The normalized spacial score (nSPS) is 20.3. The number of fused-ring (bicyclic) bond motifs is 3. The number of ether oxygens (including phenoxy) is 2. The number of aliphatic carboxylic acids is 1. The summed E-state index contributed by atoms with van der Waals surface area (Å²) in [4.78, 5) is 40.1. The smallest absolute Gasteiger partial charge is 0.411 e. The zero-order chi connectivity index (χ0) is 25.0. The second kappa shape index (κ2) is 8.29. The highest BCUT2D eigenvalue weighted by Crippen LogP contribution is 2.46. The van der Waals surface area contributed by atoms with Crippen LogP contribution in [0.2, 0.25) is 0 Å². The third-order valence-electron chi connectivity index (χ3n) is 7.07. The highest BCUT2D eigenvalue weighted by atomic mass is 16.6. The van der Waals surface area contributed by atoms with Crippen LogP contribution in [-0.2, 0) is 14.3 Å². The van der Waals surface area contributed by atoms with Crippen LogP contribution < -0.4 is 0 Å². The minimum Gasteiger partial charge on any atom is -0.480 e. The fourth-order valence-corrected chi connectivity index (χ4v) is 5.60. The van der Waals surface area contributed by atoms with Crippen LogP contribution in [0.4, 0.5) is 9.59 Å². The minimum atomic E-state index is -1.06. The number of carbonyl (C=O) groups excluding carboxylic acids is 2. The third-order valence-corrected chi connectivity index (χ3v) is 7.07. The maximum atomic E-state index is 12.8. The van der Waals surface area contributed by atoms with Gasteiger partial charge in [-0.25, -0.2) is 14.4 Å². The van der Waals surface area contributed by atoms with Crippen LogP contribution >= 0.6 is 0 Å². The van der Waals surface area contributed by atoms with Crippen LogP contribution in [0, 0.1) is 5.41 Å². The van der Waals surface area contributed by atoms with Crippen LogP contribution in [0.5, 0.6) is 0 Å². The van der Waals surface area contributed by atoms with Gasteiger partial charge < -0.3 is 19.5 Å². The summed E-state index contributed by atoms with van der Waals surface area (Å²) in [6.07, 6.45) is -0.768. The lowest BCUT2D eigenvalue weighted by Crippen LogP contribution is -2.59. The molecule has 2 heterocycles. The van der Waals surface area contributed by atoms with E-state index in [1.54, 1.807) is 25.7 Å². The molecule has 2 aliphatic heterocycles. The molecule has 1 unspecified atom stereocenters. The van der Waals surface area contributed by atoms with Gasteiger partial charge in [-0.3, -0.25) is 4.90 Å². The Morgan fingerprint density at radius 2 is 1.51 bits per heavy atom. The first-order valence-corrected chi connectivity index (χ1v) is 11.9. The Labute approximate surface area is 204 Å². The Bertz CT molecular complexity index is 1130. The van der Waals surface area contributed by atoms with Gasteiger partial charge in [0.1, 0.15) is 18.2 Å². The Hall–Kier alpha value is -3.55. The van der Waals surface area contributed by atoms with Gasteiger partial charge in [-0.2, -0.15) is 0 Å². The number of nitrogens with zero attached hydrogens (tertiary/aromatic N) is 2. The van der Waals surface area contributed by atoms with Crippen molar-refractivity contribution in [2.45, 2.75) is 44.8 Å². The van der Waals surface area contributed by atoms with Crippen LogP contribution in [0.3, 0.4) is 0 Å². The molecule has 0 saturated carbocycles. The molecule has 2 saturated heterocycles. The molecule has 1 N–H and O–H groups in total. The number of hydrogen-bond donors (Lipinski definition) is 1. The van der Waals surface area contributed by atoms with Gasteiger partial charge in [0.15, 0.2) is 0 Å². The van der Waals surface area contributed by atoms with Crippen molar-refractivity contribution < 1.29 is 29.0 Å². The van der Waals surface area contributed by atoms with Crippen LogP contribution in [0.15, 0.2) is 48.5 Å². The molecule has 3 aliphatic rings. The zero-order valence-corrected chi connectivity index (χ0v) is 20.2. The second-order valence-corrected chi connectivity index (χ2v) is 10.8. The lowest BCUT2D eigenvalue weighted by atomic mass is 9.78. The number of carboxylic acids is 1. The molecule has 1 spiro atoms. The molecule has 8 heteroatoms. The van der Waals surface area contributed by atoms with E-state index in [2.05, 4.69) is 24.3 Å². The van der Waals surface area contributed by atoms with Crippen molar-refractivity contribution in [3.63, 3.8) is 0 Å². The maximum absolute atomic E-state index is 12.8. The van der Waals surface area contributed by atoms with Crippen molar-refractivity contribution in [1.29, 1.82) is 0 Å². The number of hydrogen-bond acceptors (Lipinski definition) is 5. The third kappa shape index (κ3) is 4.22. The number of benzene rings is 2. The molecule has 35 heavy (non-hydrogen) atoms. The fourth-order valence-electron chi connectivity index (χ4n) is 5.60. The summed E-state index contributed by atoms with van der Waals surface area (Å²) >= 11 is 0. The molecule has 0 radical (unpaired) electrons. The summed E-state index contributed by atoms with van der Waals surface area (Å²) in [5, 5.41) is 9.67. The van der Waals surface area contributed by atoms with E-state index in [0.29, 0.717) is 13.1 Å². The fraction of sp³-hybridized carbons (Fsp3) is 0.444. The molecule has 184 valence electrons. The van der Waals surface area contributed by atoms with Crippen molar-refractivity contribution >= 4 is 18.2 Å². The van der Waals surface area contributed by atoms with Crippen molar-refractivity contribution in [3.8, 4) is 11.1 Å². The Kier molecular flexibility index (Phi) is 5.49. The lowest BCUT2D eigenvalue weighted by Gasteiger charge is -2.47. The van der Waals surface area contributed by atoms with Gasteiger partial charge in [-0.05, 0) is 49.4 Å². The molecule has 1 atom stereocenters. The van der Waals surface area contributed by atoms with Crippen molar-refractivity contribution in [2.24, 2.45) is 5.41 Å². The first-order chi connectivity index (χ1) is 16.6. The average Bonchev–Trinajstić information content (AvgIpc) is 3.33. The average molecular weight is 479 g/mol. The summed E-state index contributed by atoms with van der Waals surface area (Å²) in [7, 11) is 0. The first kappa shape index (κ1) is 23.2. The summed E-state index contributed by atoms with van der Waals surface area (Å²) in [5.74, 6) is -1.08. The van der Waals surface area contributed by atoms with Crippen molar-refractivity contribution in [2.75, 3.05) is 26.2 Å². The number of rotatable bonds is 3. The summed E-state index contributed by atoms with van der Waals surface area (Å²) < 4.78 is 11.1. The van der Waals surface area contributed by atoms with Gasteiger partial charge in [0.25, 0.3) is 0 Å². The van der Waals surface area contributed by atoms with Crippen molar-refractivity contribution in [1.82, 2.24) is 9.80 Å². The van der Waals surface area contributed by atoms with E-state index >= 15 is 0 Å². The monoisotopic (exact) mass is 478 g/mol. The molecular formula is C27H30N2O6. The van der Waals surface area contributed by atoms with Gasteiger partial charge in [0.05, 0.1) is 0 Å². The Morgan fingerprint density at radius 3 is 2.06 bits per heavy atom. The highest BCUT2D eigenvalue weighted by Gasteiger charge is 2.57. The molecule has 2 aromatic rings. The van der Waals surface area contributed by atoms with Crippen LogP contribution in [-0.4, -0.2) is 70.9 Å². The Morgan fingerprint density at radius 1 is 0.943 bits per heavy atom. The summed E-state index contributed by atoms with van der Waals surface area (Å²) in [5.41, 5.74) is 3.46. The standard InChI is InChI=1S/C27H30N2O6/c1-26(2,3)35-25(33)29-16-27(12-22(29)23(30)31)14-28(15-27)24(32)34-13-21-19-10-6-4-8-17(19)18-9-5-7-11-20(18)21/h4-11,21-22H,12-16H2,1-3H3,(H,30,31). The summed E-state index contributed by atoms with van der Waals surface area (Å²) in [6.45, 7) is 6.42. The number of carbonyl (C=O) groups is 3. The van der Waals surface area contributed by atoms with E-state index in [9.17, 15) is 19.5 Å². The van der Waals surface area contributed by atoms with E-state index < -0.39 is 35.2 Å². The van der Waals surface area contributed by atoms with E-state index in [1.165, 1.54) is 16.0 Å². The molecular weight excluding hydrogens is 448 g/mol. The predicted octanol–water partition coefficient (Wildman–Crippen LogP) is 4.33. The number of carboxylic acid groups (broad SMARTS) is 1.